The minimum atomic E-state index is -0.247. The number of thiazole rings is 1. The molecule has 0 saturated carbocycles. The summed E-state index contributed by atoms with van der Waals surface area (Å²) in [5.74, 6) is -0.247. The number of carbonyl (C=O) groups excluding carboxylic acids is 1. The molecule has 0 atom stereocenters. The number of pyridine rings is 1. The Morgan fingerprint density at radius 2 is 2.05 bits per heavy atom. The van der Waals surface area contributed by atoms with Gasteiger partial charge in [-0.05, 0) is 24.3 Å². The van der Waals surface area contributed by atoms with E-state index in [1.54, 1.807) is 12.1 Å². The highest BCUT2D eigenvalue weighted by molar-refractivity contribution is 7.22. The zero-order chi connectivity index (χ0) is 13.2. The van der Waals surface area contributed by atoms with Gasteiger partial charge in [0.15, 0.2) is 5.13 Å². The molecule has 1 N–H and O–H groups in total. The molecular weight excluding hydrogens is 282 g/mol. The Hall–Kier alpha value is -1.98. The van der Waals surface area contributed by atoms with E-state index in [1.807, 2.05) is 24.3 Å². The fraction of sp³-hybridized carbons (Fsp3) is 0. The number of nitrogens with zero attached hydrogens (tertiary/aromatic N) is 2. The molecule has 4 nitrogen and oxygen atoms in total. The van der Waals surface area contributed by atoms with Gasteiger partial charge < -0.3 is 0 Å². The Morgan fingerprint density at radius 3 is 2.79 bits per heavy atom. The molecule has 0 aliphatic rings. The number of benzene rings is 1. The largest absolute Gasteiger partial charge is 0.298 e. The van der Waals surface area contributed by atoms with Crippen LogP contribution in [0.2, 0.25) is 5.15 Å². The number of para-hydroxylation sites is 1. The number of fused-ring (bicyclic) bond motifs is 1. The van der Waals surface area contributed by atoms with Crippen LogP contribution in [-0.2, 0) is 0 Å². The van der Waals surface area contributed by atoms with Gasteiger partial charge in [0, 0.05) is 6.20 Å². The van der Waals surface area contributed by atoms with Gasteiger partial charge in [-0.2, -0.15) is 0 Å². The first kappa shape index (κ1) is 12.1. The first-order valence-electron chi connectivity index (χ1n) is 5.51. The molecular formula is C13H8ClN3OS. The van der Waals surface area contributed by atoms with E-state index in [2.05, 4.69) is 15.3 Å². The smallest absolute Gasteiger partial charge is 0.259 e. The Bertz CT molecular complexity index is 706. The van der Waals surface area contributed by atoms with Crippen LogP contribution < -0.4 is 5.32 Å². The summed E-state index contributed by atoms with van der Waals surface area (Å²) < 4.78 is 1.03. The lowest BCUT2D eigenvalue weighted by molar-refractivity contribution is 0.102. The van der Waals surface area contributed by atoms with Crippen molar-refractivity contribution in [1.82, 2.24) is 9.97 Å². The molecule has 0 radical (unpaired) electrons. The molecule has 0 aliphatic heterocycles. The van der Waals surface area contributed by atoms with Gasteiger partial charge in [0.05, 0.1) is 15.8 Å². The van der Waals surface area contributed by atoms with Crippen LogP contribution in [0, 0.1) is 0 Å². The predicted octanol–water partition coefficient (Wildman–Crippen LogP) is 3.60. The average molecular weight is 290 g/mol. The summed E-state index contributed by atoms with van der Waals surface area (Å²) in [5.41, 5.74) is 1.32. The second-order valence-corrected chi connectivity index (χ2v) is 5.23. The molecule has 94 valence electrons. The number of amides is 1. The second kappa shape index (κ2) is 4.95. The van der Waals surface area contributed by atoms with Gasteiger partial charge in [-0.25, -0.2) is 9.97 Å². The summed E-state index contributed by atoms with van der Waals surface area (Å²) >= 11 is 7.11. The summed E-state index contributed by atoms with van der Waals surface area (Å²) in [6.07, 6.45) is 1.44. The van der Waals surface area contributed by atoms with Crippen LogP contribution in [0.1, 0.15) is 10.4 Å². The first-order valence-corrected chi connectivity index (χ1v) is 6.70. The number of aromatic nitrogens is 2. The van der Waals surface area contributed by atoms with Crippen molar-refractivity contribution >= 4 is 44.2 Å². The quantitative estimate of drug-likeness (QED) is 0.733. The van der Waals surface area contributed by atoms with E-state index in [9.17, 15) is 4.79 Å². The van der Waals surface area contributed by atoms with Crippen molar-refractivity contribution < 1.29 is 4.79 Å². The number of hydrogen-bond donors (Lipinski definition) is 1. The number of halogens is 1. The van der Waals surface area contributed by atoms with Gasteiger partial charge in [-0.3, -0.25) is 10.1 Å². The van der Waals surface area contributed by atoms with Crippen molar-refractivity contribution in [3.05, 3.63) is 53.3 Å². The van der Waals surface area contributed by atoms with E-state index in [1.165, 1.54) is 17.5 Å². The van der Waals surface area contributed by atoms with Crippen molar-refractivity contribution in [2.45, 2.75) is 0 Å². The monoisotopic (exact) mass is 289 g/mol. The van der Waals surface area contributed by atoms with Crippen LogP contribution in [0.15, 0.2) is 42.6 Å². The van der Waals surface area contributed by atoms with Gasteiger partial charge in [-0.15, -0.1) is 0 Å². The number of hydrogen-bond acceptors (Lipinski definition) is 4. The zero-order valence-electron chi connectivity index (χ0n) is 9.63. The highest BCUT2D eigenvalue weighted by atomic mass is 35.5. The van der Waals surface area contributed by atoms with Crippen molar-refractivity contribution in [2.24, 2.45) is 0 Å². The molecule has 0 fully saturated rings. The van der Waals surface area contributed by atoms with Crippen LogP contribution >= 0.6 is 22.9 Å². The topological polar surface area (TPSA) is 54.9 Å². The highest BCUT2D eigenvalue weighted by Crippen LogP contribution is 2.25. The molecule has 3 rings (SSSR count). The molecule has 2 aromatic heterocycles. The predicted molar refractivity (Wildman–Crippen MR) is 76.8 cm³/mol. The highest BCUT2D eigenvalue weighted by Gasteiger charge is 2.09. The third kappa shape index (κ3) is 2.57. The van der Waals surface area contributed by atoms with E-state index in [0.717, 1.165) is 10.2 Å². The second-order valence-electron chi connectivity index (χ2n) is 3.81. The molecule has 19 heavy (non-hydrogen) atoms. The molecule has 0 unspecified atom stereocenters. The van der Waals surface area contributed by atoms with Crippen molar-refractivity contribution in [1.29, 1.82) is 0 Å². The maximum absolute atomic E-state index is 12.0. The maximum atomic E-state index is 12.0. The number of carbonyl (C=O) groups is 1. The lowest BCUT2D eigenvalue weighted by Crippen LogP contribution is -2.11. The van der Waals surface area contributed by atoms with Gasteiger partial charge in [-0.1, -0.05) is 35.1 Å². The van der Waals surface area contributed by atoms with E-state index < -0.39 is 0 Å². The van der Waals surface area contributed by atoms with E-state index >= 15 is 0 Å². The normalized spacial score (nSPS) is 10.6. The number of rotatable bonds is 2. The summed E-state index contributed by atoms with van der Waals surface area (Å²) in [6, 6.07) is 10.9. The Morgan fingerprint density at radius 1 is 1.21 bits per heavy atom. The van der Waals surface area contributed by atoms with Gasteiger partial charge in [0.2, 0.25) is 0 Å². The average Bonchev–Trinajstić information content (AvgIpc) is 2.81. The van der Waals surface area contributed by atoms with Crippen LogP contribution in [0.4, 0.5) is 5.13 Å². The summed E-state index contributed by atoms with van der Waals surface area (Å²) in [5, 5.41) is 3.68. The van der Waals surface area contributed by atoms with Gasteiger partial charge >= 0.3 is 0 Å². The zero-order valence-corrected chi connectivity index (χ0v) is 11.2. The van der Waals surface area contributed by atoms with Crippen molar-refractivity contribution in [2.75, 3.05) is 5.32 Å². The number of anilines is 1. The van der Waals surface area contributed by atoms with E-state index in [4.69, 9.17) is 11.6 Å². The minimum absolute atomic E-state index is 0.247. The van der Waals surface area contributed by atoms with Crippen LogP contribution in [0.25, 0.3) is 10.2 Å². The summed E-state index contributed by atoms with van der Waals surface area (Å²) in [6.45, 7) is 0. The molecule has 0 spiro atoms. The molecule has 0 saturated heterocycles. The molecule has 1 aromatic carbocycles. The molecule has 1 amide bonds. The lowest BCUT2D eigenvalue weighted by atomic mass is 10.3. The SMILES string of the molecule is O=C(Nc1nc2ccccc2s1)c1ccc(Cl)nc1. The molecule has 2 heterocycles. The van der Waals surface area contributed by atoms with Crippen molar-refractivity contribution in [3.8, 4) is 0 Å². The fourth-order valence-corrected chi connectivity index (χ4v) is 2.58. The third-order valence-corrected chi connectivity index (χ3v) is 3.68. The molecule has 0 bridgehead atoms. The van der Waals surface area contributed by atoms with Gasteiger partial charge in [0.1, 0.15) is 5.15 Å². The molecule has 3 aromatic rings. The number of nitrogens with one attached hydrogen (secondary N) is 1. The fourth-order valence-electron chi connectivity index (χ4n) is 1.61. The van der Waals surface area contributed by atoms with E-state index in [0.29, 0.717) is 15.8 Å². The molecule has 6 heteroatoms. The Balaban J connectivity index is 1.84. The van der Waals surface area contributed by atoms with Crippen molar-refractivity contribution in [3.63, 3.8) is 0 Å². The minimum Gasteiger partial charge on any atom is -0.298 e. The van der Waals surface area contributed by atoms with Crippen LogP contribution in [0.5, 0.6) is 0 Å². The Kier molecular flexibility index (Phi) is 3.15. The molecule has 0 aliphatic carbocycles. The third-order valence-electron chi connectivity index (χ3n) is 2.50. The standard InChI is InChI=1S/C13H8ClN3OS/c14-11-6-5-8(7-15-11)12(18)17-13-16-9-3-1-2-4-10(9)19-13/h1-7H,(H,16,17,18). The van der Waals surface area contributed by atoms with Gasteiger partial charge in [0.25, 0.3) is 5.91 Å². The lowest BCUT2D eigenvalue weighted by Gasteiger charge is -2.00. The summed E-state index contributed by atoms with van der Waals surface area (Å²) in [4.78, 5) is 20.2. The Labute approximate surface area is 118 Å². The van der Waals surface area contributed by atoms with Crippen LogP contribution in [0.3, 0.4) is 0 Å². The van der Waals surface area contributed by atoms with E-state index in [-0.39, 0.29) is 5.91 Å². The maximum Gasteiger partial charge on any atom is 0.259 e. The first-order chi connectivity index (χ1) is 9.22. The van der Waals surface area contributed by atoms with Crippen LogP contribution in [-0.4, -0.2) is 15.9 Å². The summed E-state index contributed by atoms with van der Waals surface area (Å²) in [7, 11) is 0.